The second kappa shape index (κ2) is 48.5. The number of aromatic amines is 2. The zero-order valence-electron chi connectivity index (χ0n) is 70.8. The molecule has 54 nitrogen and oxygen atoms in total. The van der Waals surface area contributed by atoms with Crippen molar-refractivity contribution in [3.05, 3.63) is 133 Å². The summed E-state index contributed by atoms with van der Waals surface area (Å²) < 4.78 is 212. The van der Waals surface area contributed by atoms with E-state index in [0.29, 0.717) is 47.0 Å². The number of nitrogens with zero attached hydrogens (tertiary/aromatic N) is 8. The van der Waals surface area contributed by atoms with Gasteiger partial charge in [-0.05, 0) is 32.0 Å². The molecule has 5 aromatic heterocycles. The second-order valence-electron chi connectivity index (χ2n) is 28.7. The first kappa shape index (κ1) is 108. The highest BCUT2D eigenvalue weighted by Gasteiger charge is 2.53. The van der Waals surface area contributed by atoms with Crippen LogP contribution in [0, 0.1) is 13.8 Å². The van der Waals surface area contributed by atoms with E-state index in [0.717, 1.165) is 65.6 Å². The first-order chi connectivity index (χ1) is 62.1. The Kier molecular flexibility index (Phi) is 39.7. The SMILES string of the molecule is CC(=O)SCCOP(=O)(O)O[C@H]1C[C@H](n2cc(C)c(=O)[nH]c2=O)O[C@@H]1COP(=O)(OCCSC(C)=O)O[C@H]1C[C@H](n2ccc(N)nc2=O)O[C@@H]1COP(=O)(OCCSC(C)=O)O[C@H]1C[C@H](n2ccc(N)nc2=O)O[C@@H]1COP(=O)(OCCSC(C)=O)O[C@H]1C[C@H](n2ccc(N)nc2=O)O[C@@H]1COP(=O)(OCCSC(C)=O)O[C@H]1C[C@H](n2cc(C)c(=O)[nH]c2=O)O[C@@H]1COP(=O)(O)O. The quantitative estimate of drug-likeness (QED) is 0.0203. The van der Waals surface area contributed by atoms with Crippen LogP contribution < -0.4 is 56.8 Å². The molecule has 5 aliphatic heterocycles. The van der Waals surface area contributed by atoms with Crippen molar-refractivity contribution in [1.82, 2.24) is 47.8 Å². The van der Waals surface area contributed by atoms with Crippen LogP contribution in [-0.4, -0.2) is 244 Å². The fourth-order valence-corrected chi connectivity index (χ4v) is 22.7. The number of phosphoric ester groups is 6. The zero-order valence-corrected chi connectivity index (χ0v) is 80.3. The Bertz CT molecular complexity index is 5690. The molecule has 0 aliphatic carbocycles. The molecule has 0 saturated carbocycles. The number of hydrogen-bond donors (Lipinski definition) is 8. The number of nitrogens with one attached hydrogen (secondary N) is 2. The summed E-state index contributed by atoms with van der Waals surface area (Å²) >= 11 is 3.55. The maximum Gasteiger partial charge on any atom is 0.475 e. The Morgan fingerprint density at radius 2 is 0.614 bits per heavy atom. The third-order valence-corrected chi connectivity index (χ3v) is 30.2. The van der Waals surface area contributed by atoms with Crippen LogP contribution in [0.1, 0.15) is 109 Å². The number of aryl methyl sites for hydroxylation is 2. The van der Waals surface area contributed by atoms with Crippen LogP contribution in [-0.2, 0) is 143 Å². The number of carbonyl (C=O) groups is 5. The fourth-order valence-electron chi connectivity index (χ4n) is 13.0. The molecule has 11 N–H and O–H groups in total. The van der Waals surface area contributed by atoms with Gasteiger partial charge in [0, 0.05) is 138 Å². The zero-order chi connectivity index (χ0) is 96.4. The van der Waals surface area contributed by atoms with Gasteiger partial charge in [0.25, 0.3) is 11.1 Å². The monoisotopic (exact) mass is 2080 g/mol. The van der Waals surface area contributed by atoms with E-state index < -0.39 is 297 Å². The smallest absolute Gasteiger partial charge is 0.383 e. The predicted molar refractivity (Wildman–Crippen MR) is 465 cm³/mol. The van der Waals surface area contributed by atoms with E-state index in [-0.39, 0.29) is 62.5 Å². The summed E-state index contributed by atoms with van der Waals surface area (Å²) in [5.74, 6) is -1.79. The summed E-state index contributed by atoms with van der Waals surface area (Å²) in [6, 6.07) is 3.60. The lowest BCUT2D eigenvalue weighted by atomic mass is 10.2. The molecule has 10 rings (SSSR count). The van der Waals surface area contributed by atoms with E-state index >= 15 is 18.3 Å². The summed E-state index contributed by atoms with van der Waals surface area (Å²) in [6.07, 6.45) is -21.5. The first-order valence-corrected chi connectivity index (χ1v) is 53.2. The number of H-pyrrole nitrogens is 2. The standard InChI is InChI=1S/C67H95N13O41P6S5/c1-36-29-79(66(91)74-61(36)86)59-24-43(117-123(96,97)102-14-19-128-38(3)81)49(116-59)32-108-124(98,103-15-20-129-39(4)82)118-44-25-56(76-11-8-53(68)71-63(76)88)112-50(44)33-109-125(99,104-16-21-130-40(5)83)119-45-26-57(77-12-9-54(69)72-64(77)89)113-51(45)34-110-126(100,105-17-22-131-41(6)84)120-46-27-58(78-13-10-55(70)73-65(78)90)114-52(46)35-111-127(101,106-18-23-132-42(7)85)121-47-28-60(115-48(47)31-107-122(93,94)95)80-30-37(2)62(87)75-67(80)92/h8-13,29-30,43-52,56-60H,14-28,31-35H2,1-7H3,(H,96,97)(H2,68,71,88)(H2,69,72,89)(H2,70,73,90)(H,74,86,91)(H,75,87,92)(H2,93,94,95)/t43-,44-,45-,46-,47-,48+,49+,50+,51+,52+,56+,57+,58+,59+,60+,124?,125?,126?,127?/m0/s1. The van der Waals surface area contributed by atoms with Crippen molar-refractivity contribution in [2.75, 3.05) is 112 Å². The van der Waals surface area contributed by atoms with Gasteiger partial charge in [-0.2, -0.15) is 15.0 Å². The van der Waals surface area contributed by atoms with Crippen LogP contribution in [0.4, 0.5) is 17.5 Å². The summed E-state index contributed by atoms with van der Waals surface area (Å²) in [5, 5.41) is -2.09. The number of phosphoric acid groups is 6. The molecule has 5 saturated heterocycles. The van der Waals surface area contributed by atoms with Crippen molar-refractivity contribution in [2.24, 2.45) is 0 Å². The van der Waals surface area contributed by atoms with E-state index in [9.17, 15) is 81.3 Å². The second-order valence-corrected chi connectivity index (χ2v) is 44.2. The van der Waals surface area contributed by atoms with Crippen LogP contribution in [0.3, 0.4) is 0 Å². The molecule has 20 atom stereocenters. The number of rotatable bonds is 50. The summed E-state index contributed by atoms with van der Waals surface area (Å²) in [4.78, 5) is 199. The van der Waals surface area contributed by atoms with Crippen LogP contribution >= 0.6 is 106 Å². The minimum atomic E-state index is -5.43. The minimum Gasteiger partial charge on any atom is -0.383 e. The van der Waals surface area contributed by atoms with Gasteiger partial charge in [0.15, 0.2) is 25.6 Å². The largest absolute Gasteiger partial charge is 0.475 e. The van der Waals surface area contributed by atoms with Gasteiger partial charge >= 0.3 is 75.4 Å². The van der Waals surface area contributed by atoms with Crippen molar-refractivity contribution in [3.8, 4) is 0 Å². The maximum absolute atomic E-state index is 15.9. The van der Waals surface area contributed by atoms with E-state index in [1.54, 1.807) is 0 Å². The van der Waals surface area contributed by atoms with Crippen molar-refractivity contribution < 1.29 is 158 Å². The molecule has 734 valence electrons. The number of thioether (sulfide) groups is 5. The van der Waals surface area contributed by atoms with Crippen LogP contribution in [0.5, 0.6) is 0 Å². The average molecular weight is 2080 g/mol. The first-order valence-electron chi connectivity index (χ1n) is 39.4. The molecule has 65 heteroatoms. The van der Waals surface area contributed by atoms with Gasteiger partial charge < -0.3 is 55.6 Å². The highest BCUT2D eigenvalue weighted by Crippen LogP contribution is 2.60. The molecule has 5 aliphatic rings. The normalized spacial score (nSPS) is 25.6. The lowest BCUT2D eigenvalue weighted by Gasteiger charge is -2.29. The number of hydrogen-bond acceptors (Lipinski definition) is 49. The van der Waals surface area contributed by atoms with Crippen molar-refractivity contribution in [2.45, 2.75) is 173 Å². The number of anilines is 3. The highest BCUT2D eigenvalue weighted by molar-refractivity contribution is 8.14. The van der Waals surface area contributed by atoms with Crippen LogP contribution in [0.2, 0.25) is 0 Å². The average Bonchev–Trinajstić information content (AvgIpc) is 1.65. The molecule has 5 unspecified atom stereocenters. The van der Waals surface area contributed by atoms with Gasteiger partial charge in [0.05, 0.1) is 66.1 Å². The summed E-state index contributed by atoms with van der Waals surface area (Å²) in [7, 11) is -31.8. The fraction of sp³-hybridized carbons (Fsp3) is 0.627. The van der Waals surface area contributed by atoms with Gasteiger partial charge in [0.1, 0.15) is 110 Å². The van der Waals surface area contributed by atoms with Crippen molar-refractivity contribution >= 4 is 149 Å². The molecule has 5 fully saturated rings. The Labute approximate surface area is 768 Å². The predicted octanol–water partition coefficient (Wildman–Crippen LogP) is 3.77. The van der Waals surface area contributed by atoms with Crippen LogP contribution in [0.25, 0.3) is 0 Å². The van der Waals surface area contributed by atoms with Gasteiger partial charge in [0.2, 0.25) is 0 Å². The Balaban J connectivity index is 0.968. The summed E-state index contributed by atoms with van der Waals surface area (Å²) in [5.41, 5.74) is 11.0. The summed E-state index contributed by atoms with van der Waals surface area (Å²) in [6.45, 7) is 0.614. The van der Waals surface area contributed by atoms with E-state index in [2.05, 4.69) is 24.9 Å². The molecule has 10 heterocycles. The minimum absolute atomic E-state index is 0.00795. The number of nitrogens with two attached hydrogens (primary N) is 3. The Hall–Kier alpha value is -6.04. The molecule has 5 aromatic rings. The van der Waals surface area contributed by atoms with E-state index in [4.69, 9.17) is 109 Å². The molecular weight excluding hydrogens is 1990 g/mol. The molecule has 0 aromatic carbocycles. The topological polar surface area (TPSA) is 726 Å². The lowest BCUT2D eigenvalue weighted by Crippen LogP contribution is -2.33. The van der Waals surface area contributed by atoms with Crippen molar-refractivity contribution in [3.63, 3.8) is 0 Å². The Morgan fingerprint density at radius 1 is 0.379 bits per heavy atom. The molecule has 0 spiro atoms. The Morgan fingerprint density at radius 3 is 0.856 bits per heavy atom. The molecular formula is C67H95N13O41P6S5. The van der Waals surface area contributed by atoms with Gasteiger partial charge in [-0.1, -0.05) is 58.8 Å². The molecule has 0 radical (unpaired) electrons. The van der Waals surface area contributed by atoms with Gasteiger partial charge in [-0.25, -0.2) is 51.4 Å². The number of ether oxygens (including phenoxy) is 5. The van der Waals surface area contributed by atoms with Gasteiger partial charge in [-0.3, -0.25) is 134 Å². The highest BCUT2D eigenvalue weighted by atomic mass is 32.2. The number of aromatic nitrogens is 10. The molecule has 0 amide bonds. The number of carbonyl (C=O) groups excluding carboxylic acids is 5. The van der Waals surface area contributed by atoms with Crippen LogP contribution in [0.15, 0.2) is 82.7 Å². The van der Waals surface area contributed by atoms with Crippen molar-refractivity contribution in [1.29, 1.82) is 0 Å². The molecule has 132 heavy (non-hydrogen) atoms. The maximum atomic E-state index is 15.9. The molecule has 0 bridgehead atoms. The number of nitrogen functional groups attached to an aromatic ring is 3. The third-order valence-electron chi connectivity index (χ3n) is 18.8. The van der Waals surface area contributed by atoms with E-state index in [1.165, 1.54) is 66.7 Å². The van der Waals surface area contributed by atoms with E-state index in [1.807, 2.05) is 0 Å². The third kappa shape index (κ3) is 32.5. The lowest BCUT2D eigenvalue weighted by molar-refractivity contribution is -0.109. The van der Waals surface area contributed by atoms with Gasteiger partial charge in [-0.15, -0.1) is 0 Å².